The summed E-state index contributed by atoms with van der Waals surface area (Å²) in [6, 6.07) is 7.59. The Morgan fingerprint density at radius 1 is 1.15 bits per heavy atom. The molecule has 0 amide bonds. The van der Waals surface area contributed by atoms with Crippen LogP contribution in [0.1, 0.15) is 18.1 Å². The number of hydrogen-bond donors (Lipinski definition) is 0. The van der Waals surface area contributed by atoms with E-state index in [1.807, 2.05) is 31.2 Å². The van der Waals surface area contributed by atoms with Crippen molar-refractivity contribution in [3.8, 4) is 0 Å². The molecule has 0 fully saturated rings. The first-order valence-electron chi connectivity index (χ1n) is 4.29. The van der Waals surface area contributed by atoms with Crippen LogP contribution < -0.4 is 0 Å². The van der Waals surface area contributed by atoms with Gasteiger partial charge in [0.2, 0.25) is 0 Å². The zero-order valence-corrected chi connectivity index (χ0v) is 8.76. The number of hydrogen-bond acceptors (Lipinski definition) is 2. The van der Waals surface area contributed by atoms with E-state index < -0.39 is 9.84 Å². The number of aryl methyl sites for hydroxylation is 1. The third-order valence-corrected chi connectivity index (χ3v) is 3.60. The number of benzene rings is 1. The van der Waals surface area contributed by atoms with Gasteiger partial charge in [-0.15, -0.1) is 0 Å². The molecule has 0 saturated heterocycles. The molecule has 0 spiro atoms. The Labute approximate surface area is 79.5 Å². The van der Waals surface area contributed by atoms with Crippen LogP contribution in [0, 0.1) is 6.92 Å². The molecule has 0 aliphatic carbocycles. The van der Waals surface area contributed by atoms with Crippen molar-refractivity contribution in [1.82, 2.24) is 0 Å². The fourth-order valence-corrected chi connectivity index (χ4v) is 1.94. The van der Waals surface area contributed by atoms with E-state index in [9.17, 15) is 8.42 Å². The molecule has 0 bridgehead atoms. The van der Waals surface area contributed by atoms with Gasteiger partial charge in [0.25, 0.3) is 0 Å². The summed E-state index contributed by atoms with van der Waals surface area (Å²) in [7, 11) is -2.89. The minimum Gasteiger partial charge on any atom is -0.229 e. The first-order valence-corrected chi connectivity index (χ1v) is 6.11. The average molecular weight is 198 g/mol. The molecule has 1 aromatic rings. The lowest BCUT2D eigenvalue weighted by Crippen LogP contribution is -2.06. The van der Waals surface area contributed by atoms with E-state index in [1.165, 1.54) is 0 Å². The van der Waals surface area contributed by atoms with Crippen LogP contribution in [-0.2, 0) is 15.6 Å². The molecule has 1 aromatic carbocycles. The molecular weight excluding hydrogens is 184 g/mol. The lowest BCUT2D eigenvalue weighted by Gasteiger charge is -2.01. The molecule has 3 heteroatoms. The van der Waals surface area contributed by atoms with E-state index in [-0.39, 0.29) is 11.5 Å². The Bertz CT molecular complexity index is 362. The van der Waals surface area contributed by atoms with E-state index in [1.54, 1.807) is 6.92 Å². The second-order valence-corrected chi connectivity index (χ2v) is 5.52. The first kappa shape index (κ1) is 10.3. The molecule has 0 aliphatic rings. The highest BCUT2D eigenvalue weighted by molar-refractivity contribution is 7.90. The van der Waals surface area contributed by atoms with Crippen molar-refractivity contribution in [1.29, 1.82) is 0 Å². The minimum absolute atomic E-state index is 0.157. The van der Waals surface area contributed by atoms with Crippen LogP contribution in [0.2, 0.25) is 0 Å². The van der Waals surface area contributed by atoms with Gasteiger partial charge in [-0.2, -0.15) is 0 Å². The van der Waals surface area contributed by atoms with Crippen molar-refractivity contribution in [3.05, 3.63) is 35.4 Å². The van der Waals surface area contributed by atoms with Gasteiger partial charge in [-0.25, -0.2) is 8.42 Å². The van der Waals surface area contributed by atoms with Gasteiger partial charge >= 0.3 is 0 Å². The van der Waals surface area contributed by atoms with Gasteiger partial charge in [-0.05, 0) is 12.5 Å². The maximum Gasteiger partial charge on any atom is 0.154 e. The van der Waals surface area contributed by atoms with Crippen LogP contribution in [0.3, 0.4) is 0 Å². The van der Waals surface area contributed by atoms with Gasteiger partial charge in [-0.3, -0.25) is 0 Å². The fourth-order valence-electron chi connectivity index (χ4n) is 1.04. The number of rotatable bonds is 3. The fraction of sp³-hybridized carbons (Fsp3) is 0.400. The van der Waals surface area contributed by atoms with Gasteiger partial charge in [-0.1, -0.05) is 36.8 Å². The summed E-state index contributed by atoms with van der Waals surface area (Å²) < 4.78 is 22.5. The quantitative estimate of drug-likeness (QED) is 0.743. The molecule has 0 unspecified atom stereocenters. The van der Waals surface area contributed by atoms with Crippen molar-refractivity contribution >= 4 is 9.84 Å². The predicted molar refractivity (Wildman–Crippen MR) is 54.3 cm³/mol. The Balaban J connectivity index is 2.82. The summed E-state index contributed by atoms with van der Waals surface area (Å²) in [5, 5.41) is 0. The van der Waals surface area contributed by atoms with E-state index in [0.717, 1.165) is 11.1 Å². The standard InChI is InChI=1S/C10H14O2S/c1-3-13(11,12)8-10-6-4-9(2)5-7-10/h4-7H,3,8H2,1-2H3. The van der Waals surface area contributed by atoms with E-state index in [4.69, 9.17) is 0 Å². The Hall–Kier alpha value is -0.830. The highest BCUT2D eigenvalue weighted by Gasteiger charge is 2.07. The first-order chi connectivity index (χ1) is 6.03. The molecule has 1 rings (SSSR count). The summed E-state index contributed by atoms with van der Waals surface area (Å²) in [5.74, 6) is 0.366. The van der Waals surface area contributed by atoms with E-state index >= 15 is 0 Å². The van der Waals surface area contributed by atoms with Crippen LogP contribution in [0.4, 0.5) is 0 Å². The molecule has 0 atom stereocenters. The monoisotopic (exact) mass is 198 g/mol. The van der Waals surface area contributed by atoms with Crippen molar-refractivity contribution in [3.63, 3.8) is 0 Å². The second-order valence-electron chi connectivity index (χ2n) is 3.16. The molecule has 0 heterocycles. The van der Waals surface area contributed by atoms with Gasteiger partial charge in [0.1, 0.15) is 0 Å². The van der Waals surface area contributed by atoms with Crippen LogP contribution in [-0.4, -0.2) is 14.2 Å². The maximum absolute atomic E-state index is 11.3. The summed E-state index contributed by atoms with van der Waals surface area (Å²) in [4.78, 5) is 0. The SMILES string of the molecule is CCS(=O)(=O)Cc1ccc(C)cc1. The predicted octanol–water partition coefficient (Wildman–Crippen LogP) is 1.93. The smallest absolute Gasteiger partial charge is 0.154 e. The average Bonchev–Trinajstić information content (AvgIpc) is 2.09. The molecule has 0 aromatic heterocycles. The van der Waals surface area contributed by atoms with Crippen molar-refractivity contribution in [2.24, 2.45) is 0 Å². The maximum atomic E-state index is 11.3. The minimum atomic E-state index is -2.89. The molecule has 13 heavy (non-hydrogen) atoms. The largest absolute Gasteiger partial charge is 0.229 e. The molecular formula is C10H14O2S. The van der Waals surface area contributed by atoms with Gasteiger partial charge < -0.3 is 0 Å². The summed E-state index contributed by atoms with van der Waals surface area (Å²) in [6.45, 7) is 3.65. The van der Waals surface area contributed by atoms with Crippen LogP contribution in [0.25, 0.3) is 0 Å². The van der Waals surface area contributed by atoms with Gasteiger partial charge in [0.15, 0.2) is 9.84 Å². The zero-order valence-electron chi connectivity index (χ0n) is 7.95. The normalized spacial score (nSPS) is 11.5. The third kappa shape index (κ3) is 3.19. The summed E-state index contributed by atoms with van der Waals surface area (Å²) in [6.07, 6.45) is 0. The van der Waals surface area contributed by atoms with Crippen LogP contribution in [0.5, 0.6) is 0 Å². The second kappa shape index (κ2) is 3.92. The molecule has 0 radical (unpaired) electrons. The molecule has 72 valence electrons. The third-order valence-electron chi connectivity index (χ3n) is 1.95. The topological polar surface area (TPSA) is 34.1 Å². The molecule has 0 saturated carbocycles. The zero-order chi connectivity index (χ0) is 9.90. The Kier molecular flexibility index (Phi) is 3.09. The van der Waals surface area contributed by atoms with Crippen molar-refractivity contribution in [2.75, 3.05) is 5.75 Å². The van der Waals surface area contributed by atoms with Crippen molar-refractivity contribution in [2.45, 2.75) is 19.6 Å². The molecule has 0 N–H and O–H groups in total. The van der Waals surface area contributed by atoms with Crippen LogP contribution in [0.15, 0.2) is 24.3 Å². The van der Waals surface area contributed by atoms with Gasteiger partial charge in [0.05, 0.1) is 5.75 Å². The lowest BCUT2D eigenvalue weighted by molar-refractivity contribution is 0.596. The molecule has 2 nitrogen and oxygen atoms in total. The van der Waals surface area contributed by atoms with Gasteiger partial charge in [0, 0.05) is 5.75 Å². The summed E-state index contributed by atoms with van der Waals surface area (Å²) >= 11 is 0. The highest BCUT2D eigenvalue weighted by atomic mass is 32.2. The van der Waals surface area contributed by atoms with E-state index in [2.05, 4.69) is 0 Å². The molecule has 0 aliphatic heterocycles. The van der Waals surface area contributed by atoms with Crippen LogP contribution >= 0.6 is 0 Å². The lowest BCUT2D eigenvalue weighted by atomic mass is 10.2. The van der Waals surface area contributed by atoms with Crippen molar-refractivity contribution < 1.29 is 8.42 Å². The van der Waals surface area contributed by atoms with E-state index in [0.29, 0.717) is 0 Å². The Morgan fingerprint density at radius 2 is 1.69 bits per heavy atom. The Morgan fingerprint density at radius 3 is 2.15 bits per heavy atom. The summed E-state index contributed by atoms with van der Waals surface area (Å²) in [5.41, 5.74) is 2.02. The highest BCUT2D eigenvalue weighted by Crippen LogP contribution is 2.07. The number of sulfone groups is 1.